The van der Waals surface area contributed by atoms with Crippen molar-refractivity contribution >= 4 is 23.2 Å². The lowest BCUT2D eigenvalue weighted by atomic mass is 10.2. The molecule has 0 N–H and O–H groups in total. The van der Waals surface area contributed by atoms with E-state index in [4.69, 9.17) is 4.74 Å². The first kappa shape index (κ1) is 11.3. The number of ketones is 1. The lowest BCUT2D eigenvalue weighted by molar-refractivity contribution is -0.116. The van der Waals surface area contributed by atoms with E-state index in [1.807, 2.05) is 24.3 Å². The zero-order chi connectivity index (χ0) is 11.5. The zero-order valence-electron chi connectivity index (χ0n) is 9.47. The van der Waals surface area contributed by atoms with Crippen LogP contribution in [-0.2, 0) is 4.79 Å². The van der Waals surface area contributed by atoms with Crippen LogP contribution in [0.2, 0.25) is 0 Å². The zero-order valence-corrected chi connectivity index (χ0v) is 10.3. The Balaban J connectivity index is 2.19. The van der Waals surface area contributed by atoms with Crippen molar-refractivity contribution in [2.45, 2.75) is 12.3 Å². The fourth-order valence-electron chi connectivity index (χ4n) is 1.84. The molecule has 0 unspecified atom stereocenters. The first-order valence-electron chi connectivity index (χ1n) is 5.25. The summed E-state index contributed by atoms with van der Waals surface area (Å²) in [5.74, 6) is 2.07. The number of rotatable bonds is 3. The molecule has 2 rings (SSSR count). The van der Waals surface area contributed by atoms with Crippen molar-refractivity contribution in [3.05, 3.63) is 24.3 Å². The Labute approximate surface area is 99.8 Å². The largest absolute Gasteiger partial charge is 0.497 e. The Morgan fingerprint density at radius 1 is 1.44 bits per heavy atom. The summed E-state index contributed by atoms with van der Waals surface area (Å²) in [5, 5.41) is -0.0200. The summed E-state index contributed by atoms with van der Waals surface area (Å²) in [6, 6.07) is 7.85. The third-order valence-electron chi connectivity index (χ3n) is 2.64. The van der Waals surface area contributed by atoms with Gasteiger partial charge in [0.1, 0.15) is 11.1 Å². The van der Waals surface area contributed by atoms with Crippen molar-refractivity contribution in [1.29, 1.82) is 0 Å². The molecule has 0 radical (unpaired) electrons. The molecule has 86 valence electrons. The molecule has 3 nitrogen and oxygen atoms in total. The molecule has 0 spiro atoms. The summed E-state index contributed by atoms with van der Waals surface area (Å²) in [4.78, 5) is 13.6. The summed E-state index contributed by atoms with van der Waals surface area (Å²) in [6.07, 6.45) is 0. The van der Waals surface area contributed by atoms with E-state index in [2.05, 4.69) is 4.90 Å². The second-order valence-corrected chi connectivity index (χ2v) is 4.91. The van der Waals surface area contributed by atoms with Gasteiger partial charge >= 0.3 is 0 Å². The molecule has 0 bridgehead atoms. The van der Waals surface area contributed by atoms with Crippen LogP contribution in [-0.4, -0.2) is 30.6 Å². The third kappa shape index (κ3) is 2.16. The topological polar surface area (TPSA) is 29.5 Å². The van der Waals surface area contributed by atoms with Crippen LogP contribution in [0, 0.1) is 0 Å². The average Bonchev–Trinajstić information content (AvgIpc) is 2.78. The number of nitrogens with zero attached hydrogens (tertiary/aromatic N) is 1. The number of methoxy groups -OCH3 is 1. The molecule has 0 aliphatic carbocycles. The van der Waals surface area contributed by atoms with Crippen molar-refractivity contribution < 1.29 is 9.53 Å². The van der Waals surface area contributed by atoms with Crippen molar-refractivity contribution in [1.82, 2.24) is 0 Å². The fourth-order valence-corrected chi connectivity index (χ4v) is 3.01. The number of benzene rings is 1. The van der Waals surface area contributed by atoms with Gasteiger partial charge in [-0.15, -0.1) is 11.8 Å². The second-order valence-electron chi connectivity index (χ2n) is 3.73. The number of Topliss-reactive ketones (excluding diaryl/α,β-unsaturated/α-hetero) is 1. The SMILES string of the molecule is COc1ccc(N2CCS[C@H]2C(C)=O)cc1. The highest BCUT2D eigenvalue weighted by atomic mass is 32.2. The van der Waals surface area contributed by atoms with Crippen LogP contribution in [0.25, 0.3) is 0 Å². The van der Waals surface area contributed by atoms with Gasteiger partial charge in [0.05, 0.1) is 7.11 Å². The van der Waals surface area contributed by atoms with Crippen molar-refractivity contribution in [3.63, 3.8) is 0 Å². The van der Waals surface area contributed by atoms with E-state index in [1.165, 1.54) is 0 Å². The summed E-state index contributed by atoms with van der Waals surface area (Å²) in [5.41, 5.74) is 1.09. The Bertz CT molecular complexity index is 377. The summed E-state index contributed by atoms with van der Waals surface area (Å²) in [6.45, 7) is 2.58. The molecule has 0 amide bonds. The molecule has 4 heteroatoms. The minimum absolute atomic E-state index is 0.0200. The quantitative estimate of drug-likeness (QED) is 0.805. The Hall–Kier alpha value is -1.16. The molecule has 1 heterocycles. The van der Waals surface area contributed by atoms with Gasteiger partial charge in [-0.1, -0.05) is 0 Å². The van der Waals surface area contributed by atoms with Gasteiger partial charge in [0.2, 0.25) is 0 Å². The van der Waals surface area contributed by atoms with Crippen LogP contribution in [0.5, 0.6) is 5.75 Å². The monoisotopic (exact) mass is 237 g/mol. The minimum Gasteiger partial charge on any atom is -0.497 e. The Morgan fingerprint density at radius 2 is 2.12 bits per heavy atom. The highest BCUT2D eigenvalue weighted by Crippen LogP contribution is 2.30. The summed E-state index contributed by atoms with van der Waals surface area (Å²) in [7, 11) is 1.65. The number of anilines is 1. The highest BCUT2D eigenvalue weighted by Gasteiger charge is 2.28. The van der Waals surface area contributed by atoms with E-state index < -0.39 is 0 Å². The van der Waals surface area contributed by atoms with Crippen LogP contribution >= 0.6 is 11.8 Å². The molecule has 1 aliphatic heterocycles. The van der Waals surface area contributed by atoms with Crippen molar-refractivity contribution in [2.24, 2.45) is 0 Å². The number of hydrogen-bond acceptors (Lipinski definition) is 4. The molecule has 0 aromatic heterocycles. The van der Waals surface area contributed by atoms with Crippen LogP contribution in [0.4, 0.5) is 5.69 Å². The predicted octanol–water partition coefficient (Wildman–Crippen LogP) is 2.16. The number of thioether (sulfide) groups is 1. The smallest absolute Gasteiger partial charge is 0.162 e. The van der Waals surface area contributed by atoms with Crippen LogP contribution < -0.4 is 9.64 Å². The van der Waals surface area contributed by atoms with Gasteiger partial charge in [-0.3, -0.25) is 4.79 Å². The maximum atomic E-state index is 11.5. The standard InChI is InChI=1S/C12H15NO2S/c1-9(14)12-13(7-8-16-12)10-3-5-11(15-2)6-4-10/h3-6,12H,7-8H2,1-2H3/t12-/m0/s1. The van der Waals surface area contributed by atoms with Gasteiger partial charge in [0.25, 0.3) is 0 Å². The number of hydrogen-bond donors (Lipinski definition) is 0. The molecule has 16 heavy (non-hydrogen) atoms. The molecule has 1 saturated heterocycles. The molecular weight excluding hydrogens is 222 g/mol. The van der Waals surface area contributed by atoms with E-state index in [9.17, 15) is 4.79 Å². The van der Waals surface area contributed by atoms with E-state index in [1.54, 1.807) is 25.8 Å². The van der Waals surface area contributed by atoms with Crippen molar-refractivity contribution in [2.75, 3.05) is 24.3 Å². The second kappa shape index (κ2) is 4.78. The number of carbonyl (C=O) groups is 1. The van der Waals surface area contributed by atoms with Gasteiger partial charge in [-0.2, -0.15) is 0 Å². The molecule has 1 aliphatic rings. The summed E-state index contributed by atoms with van der Waals surface area (Å²) >= 11 is 1.71. The van der Waals surface area contributed by atoms with E-state index >= 15 is 0 Å². The first-order valence-corrected chi connectivity index (χ1v) is 6.30. The highest BCUT2D eigenvalue weighted by molar-refractivity contribution is 8.01. The first-order chi connectivity index (χ1) is 7.72. The lowest BCUT2D eigenvalue weighted by Gasteiger charge is -2.23. The number of ether oxygens (including phenoxy) is 1. The van der Waals surface area contributed by atoms with Crippen LogP contribution in [0.3, 0.4) is 0 Å². The molecule has 1 fully saturated rings. The molecule has 1 aromatic carbocycles. The van der Waals surface area contributed by atoms with Gasteiger partial charge in [0, 0.05) is 18.0 Å². The van der Waals surface area contributed by atoms with Gasteiger partial charge in [0.15, 0.2) is 5.78 Å². The Morgan fingerprint density at radius 3 is 2.69 bits per heavy atom. The van der Waals surface area contributed by atoms with E-state index in [0.29, 0.717) is 0 Å². The van der Waals surface area contributed by atoms with Crippen molar-refractivity contribution in [3.8, 4) is 5.75 Å². The molecule has 1 aromatic rings. The van der Waals surface area contributed by atoms with Gasteiger partial charge < -0.3 is 9.64 Å². The Kier molecular flexibility index (Phi) is 3.39. The third-order valence-corrected chi connectivity index (χ3v) is 3.96. The van der Waals surface area contributed by atoms with Crippen LogP contribution in [0.1, 0.15) is 6.92 Å². The predicted molar refractivity (Wildman–Crippen MR) is 67.3 cm³/mol. The molecule has 1 atom stereocenters. The van der Waals surface area contributed by atoms with Crippen LogP contribution in [0.15, 0.2) is 24.3 Å². The maximum Gasteiger partial charge on any atom is 0.162 e. The average molecular weight is 237 g/mol. The van der Waals surface area contributed by atoms with E-state index in [-0.39, 0.29) is 11.2 Å². The molecule has 0 saturated carbocycles. The van der Waals surface area contributed by atoms with E-state index in [0.717, 1.165) is 23.7 Å². The van der Waals surface area contributed by atoms with Gasteiger partial charge in [-0.25, -0.2) is 0 Å². The minimum atomic E-state index is -0.0200. The lowest BCUT2D eigenvalue weighted by Crippen LogP contribution is -2.33. The summed E-state index contributed by atoms with van der Waals surface area (Å²) < 4.78 is 5.12. The molecular formula is C12H15NO2S. The normalized spacial score (nSPS) is 19.9. The fraction of sp³-hybridized carbons (Fsp3) is 0.417. The maximum absolute atomic E-state index is 11.5. The number of carbonyl (C=O) groups excluding carboxylic acids is 1. The van der Waals surface area contributed by atoms with Gasteiger partial charge in [-0.05, 0) is 31.2 Å².